The summed E-state index contributed by atoms with van der Waals surface area (Å²) >= 11 is 0. The van der Waals surface area contributed by atoms with Gasteiger partial charge in [-0.3, -0.25) is 0 Å². The first kappa shape index (κ1) is 12.6. The summed E-state index contributed by atoms with van der Waals surface area (Å²) < 4.78 is 25.8. The molecule has 0 saturated carbocycles. The fraction of sp³-hybridized carbons (Fsp3) is 0.600. The Balaban J connectivity index is 2.11. The Morgan fingerprint density at radius 3 is 2.89 bits per heavy atom. The predicted molar refractivity (Wildman–Crippen MR) is 70.8 cm³/mol. The molecule has 0 bridgehead atoms. The van der Waals surface area contributed by atoms with Gasteiger partial charge < -0.3 is 14.4 Å². The second-order valence-corrected chi connectivity index (χ2v) is 5.70. The molecule has 0 unspecified atom stereocenters. The van der Waals surface area contributed by atoms with Crippen molar-refractivity contribution in [1.29, 1.82) is 0 Å². The summed E-state index contributed by atoms with van der Waals surface area (Å²) in [5, 5.41) is 0. The average molecular weight is 265 g/mol. The first-order valence-corrected chi connectivity index (χ1v) is 6.94. The van der Waals surface area contributed by atoms with Crippen molar-refractivity contribution >= 4 is 0 Å². The van der Waals surface area contributed by atoms with E-state index in [4.69, 9.17) is 9.47 Å². The fourth-order valence-corrected chi connectivity index (χ4v) is 2.82. The molecular formula is C15H20FNO2. The lowest BCUT2D eigenvalue weighted by Crippen LogP contribution is -2.45. The Labute approximate surface area is 113 Å². The van der Waals surface area contributed by atoms with Crippen molar-refractivity contribution in [3.8, 4) is 0 Å². The summed E-state index contributed by atoms with van der Waals surface area (Å²) in [6.07, 6.45) is 2.30. The fourth-order valence-electron chi connectivity index (χ4n) is 2.82. The van der Waals surface area contributed by atoms with Gasteiger partial charge in [0.05, 0.1) is 12.6 Å². The van der Waals surface area contributed by atoms with Crippen molar-refractivity contribution in [2.75, 3.05) is 19.8 Å². The molecule has 1 atom stereocenters. The molecule has 2 heterocycles. The molecular weight excluding hydrogens is 245 g/mol. The third kappa shape index (κ3) is 2.03. The minimum absolute atomic E-state index is 0.267. The molecule has 0 aromatic rings. The average Bonchev–Trinajstić information content (AvgIpc) is 2.53. The summed E-state index contributed by atoms with van der Waals surface area (Å²) in [6, 6.07) is 0.269. The highest BCUT2D eigenvalue weighted by atomic mass is 19.1. The monoisotopic (exact) mass is 265 g/mol. The van der Waals surface area contributed by atoms with Crippen LogP contribution in [0.25, 0.3) is 0 Å². The zero-order valence-corrected chi connectivity index (χ0v) is 11.7. The van der Waals surface area contributed by atoms with E-state index in [1.54, 1.807) is 6.08 Å². The minimum atomic E-state index is -0.267. The van der Waals surface area contributed by atoms with Crippen molar-refractivity contribution in [1.82, 2.24) is 4.90 Å². The van der Waals surface area contributed by atoms with Crippen LogP contribution in [-0.2, 0) is 9.47 Å². The van der Waals surface area contributed by atoms with Crippen molar-refractivity contribution in [2.45, 2.75) is 33.2 Å². The van der Waals surface area contributed by atoms with Gasteiger partial charge in [0.2, 0.25) is 0 Å². The van der Waals surface area contributed by atoms with Gasteiger partial charge in [-0.15, -0.1) is 0 Å². The van der Waals surface area contributed by atoms with Gasteiger partial charge in [-0.25, -0.2) is 4.39 Å². The van der Waals surface area contributed by atoms with Crippen LogP contribution in [0.3, 0.4) is 0 Å². The standard InChI is InChI=1S/C15H20FNO2/c1-9(2)11-6-12(16)15-14-13(7-11)19-8-10(3)17(14)4-5-18-15/h6,9-10H,4-5,7-8H2,1-3H3/t10-/m1/s1. The predicted octanol–water partition coefficient (Wildman–Crippen LogP) is 3.12. The maximum absolute atomic E-state index is 14.4. The Morgan fingerprint density at radius 1 is 1.37 bits per heavy atom. The van der Waals surface area contributed by atoms with E-state index in [2.05, 4.69) is 25.7 Å². The van der Waals surface area contributed by atoms with Crippen LogP contribution < -0.4 is 0 Å². The van der Waals surface area contributed by atoms with E-state index in [-0.39, 0.29) is 11.9 Å². The van der Waals surface area contributed by atoms with Crippen LogP contribution in [0.2, 0.25) is 0 Å². The maximum Gasteiger partial charge on any atom is 0.181 e. The minimum Gasteiger partial charge on any atom is -0.493 e. The molecule has 0 amide bonds. The summed E-state index contributed by atoms with van der Waals surface area (Å²) in [4.78, 5) is 2.22. The molecule has 3 aliphatic rings. The number of halogens is 1. The number of rotatable bonds is 1. The van der Waals surface area contributed by atoms with Crippen LogP contribution in [0.15, 0.2) is 34.7 Å². The summed E-state index contributed by atoms with van der Waals surface area (Å²) in [5.74, 6) is 1.26. The van der Waals surface area contributed by atoms with Gasteiger partial charge in [-0.05, 0) is 18.9 Å². The zero-order valence-electron chi connectivity index (χ0n) is 11.7. The third-order valence-electron chi connectivity index (χ3n) is 4.01. The molecule has 104 valence electrons. The topological polar surface area (TPSA) is 21.7 Å². The van der Waals surface area contributed by atoms with Crippen LogP contribution in [0.5, 0.6) is 0 Å². The van der Waals surface area contributed by atoms with Crippen LogP contribution in [-0.4, -0.2) is 30.7 Å². The van der Waals surface area contributed by atoms with Crippen LogP contribution >= 0.6 is 0 Å². The van der Waals surface area contributed by atoms with Crippen molar-refractivity contribution in [3.63, 3.8) is 0 Å². The van der Waals surface area contributed by atoms with E-state index >= 15 is 0 Å². The molecule has 0 aromatic carbocycles. The molecule has 0 N–H and O–H groups in total. The molecule has 19 heavy (non-hydrogen) atoms. The highest BCUT2D eigenvalue weighted by Crippen LogP contribution is 2.39. The Bertz CT molecular complexity index is 490. The van der Waals surface area contributed by atoms with Crippen molar-refractivity contribution in [3.05, 3.63) is 34.7 Å². The van der Waals surface area contributed by atoms with Gasteiger partial charge in [0.25, 0.3) is 0 Å². The number of ether oxygens (including phenoxy) is 2. The molecule has 1 saturated heterocycles. The van der Waals surface area contributed by atoms with Crippen molar-refractivity contribution < 1.29 is 13.9 Å². The first-order valence-electron chi connectivity index (χ1n) is 6.94. The van der Waals surface area contributed by atoms with E-state index in [1.165, 1.54) is 0 Å². The quantitative estimate of drug-likeness (QED) is 0.727. The lowest BCUT2D eigenvalue weighted by atomic mass is 9.98. The molecule has 3 rings (SSSR count). The molecule has 0 aromatic heterocycles. The lowest BCUT2D eigenvalue weighted by molar-refractivity contribution is 0.0303. The zero-order chi connectivity index (χ0) is 13.6. The molecule has 0 radical (unpaired) electrons. The second-order valence-electron chi connectivity index (χ2n) is 5.70. The Morgan fingerprint density at radius 2 is 2.16 bits per heavy atom. The van der Waals surface area contributed by atoms with Crippen LogP contribution in [0, 0.1) is 5.92 Å². The van der Waals surface area contributed by atoms with E-state index in [1.807, 2.05) is 0 Å². The summed E-state index contributed by atoms with van der Waals surface area (Å²) in [5.41, 5.74) is 1.88. The van der Waals surface area contributed by atoms with E-state index in [0.29, 0.717) is 31.3 Å². The smallest absolute Gasteiger partial charge is 0.181 e. The molecule has 0 spiro atoms. The van der Waals surface area contributed by atoms with Gasteiger partial charge in [0.15, 0.2) is 11.6 Å². The molecule has 2 aliphatic heterocycles. The van der Waals surface area contributed by atoms with Gasteiger partial charge in [-0.1, -0.05) is 19.4 Å². The summed E-state index contributed by atoms with van der Waals surface area (Å²) in [6.45, 7) is 8.26. The number of hydrogen-bond acceptors (Lipinski definition) is 3. The van der Waals surface area contributed by atoms with Crippen LogP contribution in [0.4, 0.5) is 4.39 Å². The normalized spacial score (nSPS) is 26.7. The Kier molecular flexibility index (Phi) is 3.03. The lowest BCUT2D eigenvalue weighted by Gasteiger charge is -2.41. The SMILES string of the molecule is CC(C)C1=CC(F)=C2OCCN3C2=C(C1)OC[C@H]3C. The number of morpholine rings is 1. The van der Waals surface area contributed by atoms with Gasteiger partial charge in [0, 0.05) is 6.42 Å². The Hall–Kier alpha value is -1.45. The highest BCUT2D eigenvalue weighted by Gasteiger charge is 2.36. The third-order valence-corrected chi connectivity index (χ3v) is 4.01. The first-order chi connectivity index (χ1) is 9.08. The molecule has 3 nitrogen and oxygen atoms in total. The van der Waals surface area contributed by atoms with Gasteiger partial charge >= 0.3 is 0 Å². The van der Waals surface area contributed by atoms with E-state index in [0.717, 1.165) is 23.6 Å². The van der Waals surface area contributed by atoms with Crippen molar-refractivity contribution in [2.24, 2.45) is 5.92 Å². The second kappa shape index (κ2) is 4.58. The number of nitrogens with zero attached hydrogens (tertiary/aromatic N) is 1. The number of hydrogen-bond donors (Lipinski definition) is 0. The maximum atomic E-state index is 14.4. The largest absolute Gasteiger partial charge is 0.493 e. The summed E-state index contributed by atoms with van der Waals surface area (Å²) in [7, 11) is 0. The molecule has 1 fully saturated rings. The van der Waals surface area contributed by atoms with E-state index in [9.17, 15) is 4.39 Å². The van der Waals surface area contributed by atoms with Gasteiger partial charge in [-0.2, -0.15) is 0 Å². The molecule has 1 aliphatic carbocycles. The highest BCUT2D eigenvalue weighted by molar-refractivity contribution is 5.42. The van der Waals surface area contributed by atoms with Gasteiger partial charge in [0.1, 0.15) is 24.7 Å². The molecule has 4 heteroatoms. The van der Waals surface area contributed by atoms with Crippen LogP contribution in [0.1, 0.15) is 27.2 Å². The van der Waals surface area contributed by atoms with E-state index < -0.39 is 0 Å². The number of allylic oxidation sites excluding steroid dienone is 3.